The van der Waals surface area contributed by atoms with E-state index in [4.69, 9.17) is 10.3 Å². The first-order valence-corrected chi connectivity index (χ1v) is 6.00. The zero-order valence-corrected chi connectivity index (χ0v) is 9.09. The van der Waals surface area contributed by atoms with E-state index in [-0.39, 0.29) is 6.04 Å². The molecule has 0 radical (unpaired) electrons. The minimum absolute atomic E-state index is 0.0941. The van der Waals surface area contributed by atoms with Crippen LogP contribution in [0.2, 0.25) is 0 Å². The second-order valence-corrected chi connectivity index (χ2v) is 5.04. The number of rotatable bonds is 3. The molecule has 2 atom stereocenters. The molecular weight excluding hydrogens is 198 g/mol. The summed E-state index contributed by atoms with van der Waals surface area (Å²) in [5, 5.41) is 4.34. The van der Waals surface area contributed by atoms with Crippen molar-refractivity contribution in [3.05, 3.63) is 11.7 Å². The molecule has 1 aromatic heterocycles. The topological polar surface area (TPSA) is 64.9 Å². The fourth-order valence-corrected chi connectivity index (χ4v) is 2.73. The molecule has 0 amide bonds. The van der Waals surface area contributed by atoms with E-state index in [1.54, 1.807) is 0 Å². The molecule has 2 N–H and O–H groups in total. The van der Waals surface area contributed by atoms with Gasteiger partial charge in [-0.25, -0.2) is 0 Å². The van der Waals surface area contributed by atoms with E-state index in [2.05, 4.69) is 10.1 Å². The van der Waals surface area contributed by atoms with Gasteiger partial charge in [-0.15, -0.1) is 11.8 Å². The van der Waals surface area contributed by atoms with Crippen molar-refractivity contribution in [2.75, 3.05) is 5.75 Å². The van der Waals surface area contributed by atoms with Gasteiger partial charge in [-0.1, -0.05) is 5.16 Å². The Balaban J connectivity index is 2.01. The first-order valence-electron chi connectivity index (χ1n) is 4.95. The van der Waals surface area contributed by atoms with Gasteiger partial charge in [0, 0.05) is 12.5 Å². The van der Waals surface area contributed by atoms with Gasteiger partial charge in [-0.3, -0.25) is 0 Å². The van der Waals surface area contributed by atoms with Gasteiger partial charge in [0.1, 0.15) is 0 Å². The number of nitrogens with two attached hydrogens (primary N) is 1. The second-order valence-electron chi connectivity index (χ2n) is 3.73. The highest BCUT2D eigenvalue weighted by molar-refractivity contribution is 7.99. The standard InChI is InChI=1S/C9H15N3OS/c1-6(10)5-8-11-9(13-12-8)7-3-2-4-14-7/h6-7H,2-5,10H2,1H3. The molecule has 4 nitrogen and oxygen atoms in total. The van der Waals surface area contributed by atoms with E-state index in [9.17, 15) is 0 Å². The Labute approximate surface area is 87.6 Å². The molecule has 1 saturated heterocycles. The van der Waals surface area contributed by atoms with Crippen LogP contribution in [0.25, 0.3) is 0 Å². The Morgan fingerprint density at radius 2 is 2.57 bits per heavy atom. The predicted molar refractivity (Wildman–Crippen MR) is 56.1 cm³/mol. The fraction of sp³-hybridized carbons (Fsp3) is 0.778. The lowest BCUT2D eigenvalue weighted by Crippen LogP contribution is -2.18. The molecule has 0 saturated carbocycles. The minimum Gasteiger partial charge on any atom is -0.338 e. The van der Waals surface area contributed by atoms with Gasteiger partial charge in [0.15, 0.2) is 5.82 Å². The molecule has 78 valence electrons. The molecule has 0 spiro atoms. The van der Waals surface area contributed by atoms with E-state index < -0.39 is 0 Å². The number of hydrogen-bond acceptors (Lipinski definition) is 5. The van der Waals surface area contributed by atoms with E-state index in [1.165, 1.54) is 12.2 Å². The summed E-state index contributed by atoms with van der Waals surface area (Å²) in [6.07, 6.45) is 3.10. The average molecular weight is 213 g/mol. The van der Waals surface area contributed by atoms with Crippen molar-refractivity contribution in [1.29, 1.82) is 0 Å². The van der Waals surface area contributed by atoms with E-state index in [1.807, 2.05) is 18.7 Å². The van der Waals surface area contributed by atoms with Crippen LogP contribution < -0.4 is 5.73 Å². The summed E-state index contributed by atoms with van der Waals surface area (Å²) in [7, 11) is 0. The van der Waals surface area contributed by atoms with Crippen LogP contribution >= 0.6 is 11.8 Å². The maximum atomic E-state index is 5.66. The van der Waals surface area contributed by atoms with Crippen LogP contribution in [0.3, 0.4) is 0 Å². The molecule has 2 heterocycles. The predicted octanol–water partition coefficient (Wildman–Crippen LogP) is 1.53. The highest BCUT2D eigenvalue weighted by atomic mass is 32.2. The van der Waals surface area contributed by atoms with Gasteiger partial charge >= 0.3 is 0 Å². The maximum Gasteiger partial charge on any atom is 0.239 e. The van der Waals surface area contributed by atoms with Gasteiger partial charge in [-0.2, -0.15) is 4.98 Å². The molecule has 0 aromatic carbocycles. The molecule has 0 bridgehead atoms. The summed E-state index contributed by atoms with van der Waals surface area (Å²) < 4.78 is 5.21. The Bertz CT molecular complexity index is 294. The molecule has 1 aliphatic rings. The zero-order valence-electron chi connectivity index (χ0n) is 8.27. The molecular formula is C9H15N3OS. The summed E-state index contributed by atoms with van der Waals surface area (Å²) in [4.78, 5) is 4.35. The van der Waals surface area contributed by atoms with Crippen molar-refractivity contribution in [2.24, 2.45) is 5.73 Å². The molecule has 1 aromatic rings. The zero-order chi connectivity index (χ0) is 9.97. The van der Waals surface area contributed by atoms with Crippen LogP contribution in [0.15, 0.2) is 4.52 Å². The Morgan fingerprint density at radius 1 is 1.71 bits per heavy atom. The summed E-state index contributed by atoms with van der Waals surface area (Å²) in [5.41, 5.74) is 5.66. The number of aromatic nitrogens is 2. The molecule has 2 rings (SSSR count). The van der Waals surface area contributed by atoms with Crippen LogP contribution in [0.4, 0.5) is 0 Å². The Morgan fingerprint density at radius 3 is 3.21 bits per heavy atom. The van der Waals surface area contributed by atoms with Crippen molar-refractivity contribution in [3.63, 3.8) is 0 Å². The number of hydrogen-bond donors (Lipinski definition) is 1. The van der Waals surface area contributed by atoms with Crippen molar-refractivity contribution < 1.29 is 4.52 Å². The van der Waals surface area contributed by atoms with Crippen LogP contribution in [-0.4, -0.2) is 21.9 Å². The first kappa shape index (κ1) is 9.98. The second kappa shape index (κ2) is 4.31. The molecule has 2 unspecified atom stereocenters. The third-order valence-electron chi connectivity index (χ3n) is 2.19. The molecule has 14 heavy (non-hydrogen) atoms. The smallest absolute Gasteiger partial charge is 0.239 e. The molecule has 5 heteroatoms. The fourth-order valence-electron chi connectivity index (χ4n) is 1.54. The summed E-state index contributed by atoms with van der Waals surface area (Å²) in [6, 6.07) is 0.0941. The van der Waals surface area contributed by atoms with Gasteiger partial charge in [-0.05, 0) is 25.5 Å². The van der Waals surface area contributed by atoms with Crippen molar-refractivity contribution in [1.82, 2.24) is 10.1 Å². The lowest BCUT2D eigenvalue weighted by atomic mass is 10.2. The van der Waals surface area contributed by atoms with Crippen molar-refractivity contribution >= 4 is 11.8 Å². The van der Waals surface area contributed by atoms with Crippen molar-refractivity contribution in [2.45, 2.75) is 37.5 Å². The quantitative estimate of drug-likeness (QED) is 0.824. The minimum atomic E-state index is 0.0941. The van der Waals surface area contributed by atoms with Crippen LogP contribution in [0.1, 0.15) is 36.7 Å². The highest BCUT2D eigenvalue weighted by Gasteiger charge is 2.23. The van der Waals surface area contributed by atoms with Gasteiger partial charge in [0.2, 0.25) is 5.89 Å². The van der Waals surface area contributed by atoms with Crippen molar-refractivity contribution in [3.8, 4) is 0 Å². The lowest BCUT2D eigenvalue weighted by molar-refractivity contribution is 0.369. The number of thioether (sulfide) groups is 1. The van der Waals surface area contributed by atoms with Gasteiger partial charge < -0.3 is 10.3 Å². The lowest BCUT2D eigenvalue weighted by Gasteiger charge is -1.99. The molecule has 0 aliphatic carbocycles. The third kappa shape index (κ3) is 2.27. The van der Waals surface area contributed by atoms with Gasteiger partial charge in [0.05, 0.1) is 5.25 Å². The SMILES string of the molecule is CC(N)Cc1noc(C2CCCS2)n1. The normalized spacial score (nSPS) is 24.0. The summed E-state index contributed by atoms with van der Waals surface area (Å²) in [6.45, 7) is 1.94. The highest BCUT2D eigenvalue weighted by Crippen LogP contribution is 2.38. The third-order valence-corrected chi connectivity index (χ3v) is 3.56. The Kier molecular flexibility index (Phi) is 3.08. The molecule has 1 aliphatic heterocycles. The largest absolute Gasteiger partial charge is 0.338 e. The average Bonchev–Trinajstić information content (AvgIpc) is 2.69. The van der Waals surface area contributed by atoms with E-state index >= 15 is 0 Å². The van der Waals surface area contributed by atoms with Crippen LogP contribution in [0, 0.1) is 0 Å². The van der Waals surface area contributed by atoms with E-state index in [0.717, 1.165) is 18.1 Å². The van der Waals surface area contributed by atoms with E-state index in [0.29, 0.717) is 11.7 Å². The molecule has 1 fully saturated rings. The maximum absolute atomic E-state index is 5.66. The van der Waals surface area contributed by atoms with Crippen LogP contribution in [-0.2, 0) is 6.42 Å². The Hall–Kier alpha value is -0.550. The van der Waals surface area contributed by atoms with Crippen LogP contribution in [0.5, 0.6) is 0 Å². The summed E-state index contributed by atoms with van der Waals surface area (Å²) >= 11 is 1.90. The monoisotopic (exact) mass is 213 g/mol. The van der Waals surface area contributed by atoms with Gasteiger partial charge in [0.25, 0.3) is 0 Å². The first-order chi connectivity index (χ1) is 6.75. The summed E-state index contributed by atoms with van der Waals surface area (Å²) in [5.74, 6) is 2.72. The number of nitrogens with zero attached hydrogens (tertiary/aromatic N) is 2.